The van der Waals surface area contributed by atoms with Crippen LogP contribution in [0.1, 0.15) is 38.2 Å². The van der Waals surface area contributed by atoms with Gasteiger partial charge in [0, 0.05) is 17.9 Å². The number of nitrogens with zero attached hydrogens (tertiary/aromatic N) is 1. The first-order valence-corrected chi connectivity index (χ1v) is 8.37. The quantitative estimate of drug-likeness (QED) is 0.848. The topological polar surface area (TPSA) is 52.1 Å². The molecule has 2 fully saturated rings. The lowest BCUT2D eigenvalue weighted by Gasteiger charge is -2.40. The van der Waals surface area contributed by atoms with Crippen LogP contribution in [0.3, 0.4) is 0 Å². The van der Waals surface area contributed by atoms with E-state index in [0.29, 0.717) is 12.6 Å². The van der Waals surface area contributed by atoms with Gasteiger partial charge in [-0.15, -0.1) is 0 Å². The van der Waals surface area contributed by atoms with Gasteiger partial charge in [0.2, 0.25) is 0 Å². The fraction of sp³-hybridized carbons (Fsp3) is 0.611. The molecule has 2 aliphatic rings. The lowest BCUT2D eigenvalue weighted by atomic mass is 9.66. The maximum atomic E-state index is 5.50. The molecule has 1 aromatic rings. The summed E-state index contributed by atoms with van der Waals surface area (Å²) in [6.45, 7) is 3.64. The Kier molecular flexibility index (Phi) is 4.76. The van der Waals surface area contributed by atoms with Crippen LogP contribution >= 0.6 is 0 Å². The molecule has 1 saturated heterocycles. The average Bonchev–Trinajstić information content (AvgIpc) is 3.03. The number of nitrogens with one attached hydrogen (secondary N) is 1. The van der Waals surface area contributed by atoms with Gasteiger partial charge in [-0.2, -0.15) is 0 Å². The van der Waals surface area contributed by atoms with Crippen molar-refractivity contribution in [1.82, 2.24) is 5.32 Å². The first kappa shape index (κ1) is 16.1. The van der Waals surface area contributed by atoms with Gasteiger partial charge < -0.3 is 19.6 Å². The second kappa shape index (κ2) is 6.79. The van der Waals surface area contributed by atoms with E-state index in [1.807, 2.05) is 13.0 Å². The lowest BCUT2D eigenvalue weighted by Crippen LogP contribution is -2.45. The highest BCUT2D eigenvalue weighted by Gasteiger charge is 2.47. The van der Waals surface area contributed by atoms with Crippen LogP contribution < -0.4 is 14.8 Å². The third-order valence-corrected chi connectivity index (χ3v) is 5.21. The number of benzene rings is 1. The van der Waals surface area contributed by atoms with Crippen molar-refractivity contribution >= 4 is 5.71 Å². The maximum absolute atomic E-state index is 5.50. The molecule has 2 atom stereocenters. The summed E-state index contributed by atoms with van der Waals surface area (Å²) in [5.41, 5.74) is 2.66. The molecule has 23 heavy (non-hydrogen) atoms. The summed E-state index contributed by atoms with van der Waals surface area (Å²) < 4.78 is 10.9. The van der Waals surface area contributed by atoms with Crippen LogP contribution in [0.4, 0.5) is 0 Å². The van der Waals surface area contributed by atoms with Crippen LogP contribution in [-0.2, 0) is 10.3 Å². The van der Waals surface area contributed by atoms with E-state index in [1.54, 1.807) is 14.2 Å². The fourth-order valence-electron chi connectivity index (χ4n) is 3.99. The zero-order chi connectivity index (χ0) is 16.3. The van der Waals surface area contributed by atoms with Crippen LogP contribution in [0.2, 0.25) is 0 Å². The molecular formula is C18H26N2O3. The van der Waals surface area contributed by atoms with E-state index in [1.165, 1.54) is 11.3 Å². The van der Waals surface area contributed by atoms with Gasteiger partial charge in [0.25, 0.3) is 0 Å². The van der Waals surface area contributed by atoms with E-state index in [0.717, 1.165) is 43.7 Å². The maximum Gasteiger partial charge on any atom is 0.161 e. The average molecular weight is 318 g/mol. The molecule has 5 nitrogen and oxygen atoms in total. The van der Waals surface area contributed by atoms with Gasteiger partial charge in [0.05, 0.1) is 19.9 Å². The molecule has 0 unspecified atom stereocenters. The Hall–Kier alpha value is -1.75. The smallest absolute Gasteiger partial charge is 0.161 e. The van der Waals surface area contributed by atoms with Crippen molar-refractivity contribution in [2.45, 2.75) is 44.1 Å². The normalized spacial score (nSPS) is 28.5. The van der Waals surface area contributed by atoms with Gasteiger partial charge in [0.1, 0.15) is 6.61 Å². The number of oxime groups is 1. The highest BCUT2D eigenvalue weighted by molar-refractivity contribution is 5.86. The molecule has 0 bridgehead atoms. The Morgan fingerprint density at radius 2 is 2.04 bits per heavy atom. The molecule has 3 rings (SSSR count). The Morgan fingerprint density at radius 3 is 2.78 bits per heavy atom. The molecule has 0 spiro atoms. The summed E-state index contributed by atoms with van der Waals surface area (Å²) in [7, 11) is 3.37. The van der Waals surface area contributed by atoms with E-state index in [4.69, 9.17) is 14.3 Å². The van der Waals surface area contributed by atoms with E-state index in [9.17, 15) is 0 Å². The van der Waals surface area contributed by atoms with Crippen molar-refractivity contribution in [3.05, 3.63) is 23.8 Å². The predicted octanol–water partition coefficient (Wildman–Crippen LogP) is 2.88. The minimum Gasteiger partial charge on any atom is -0.493 e. The molecule has 1 heterocycles. The monoisotopic (exact) mass is 318 g/mol. The van der Waals surface area contributed by atoms with Crippen LogP contribution in [0.15, 0.2) is 23.4 Å². The van der Waals surface area contributed by atoms with Gasteiger partial charge in [-0.25, -0.2) is 0 Å². The number of ether oxygens (including phenoxy) is 2. The Morgan fingerprint density at radius 1 is 1.22 bits per heavy atom. The van der Waals surface area contributed by atoms with E-state index >= 15 is 0 Å². The van der Waals surface area contributed by atoms with Gasteiger partial charge in [-0.05, 0) is 50.4 Å². The number of methoxy groups -OCH3 is 2. The SMILES string of the molecule is CCO/N=C1\CC[C@@]2(c3ccc(OC)c(OC)c3)CCN[C@H]2C1. The molecule has 1 saturated carbocycles. The Balaban J connectivity index is 1.89. The standard InChI is InChI=1S/C18H26N2O3/c1-4-23-20-14-7-8-18(9-10-19-17(18)12-14)13-5-6-15(21-2)16(11-13)22-3/h5-6,11,17,19H,4,7-10,12H2,1-3H3/b20-14+/t17-,18-/m0/s1. The molecule has 0 radical (unpaired) electrons. The zero-order valence-electron chi connectivity index (χ0n) is 14.2. The number of hydrogen-bond acceptors (Lipinski definition) is 5. The highest BCUT2D eigenvalue weighted by Crippen LogP contribution is 2.46. The molecule has 0 aromatic heterocycles. The third-order valence-electron chi connectivity index (χ3n) is 5.21. The van der Waals surface area contributed by atoms with Crippen molar-refractivity contribution < 1.29 is 14.3 Å². The minimum absolute atomic E-state index is 0.158. The van der Waals surface area contributed by atoms with Crippen LogP contribution in [0.25, 0.3) is 0 Å². The van der Waals surface area contributed by atoms with Gasteiger partial charge in [-0.3, -0.25) is 0 Å². The number of hydrogen-bond donors (Lipinski definition) is 1. The summed E-state index contributed by atoms with van der Waals surface area (Å²) in [6, 6.07) is 6.76. The minimum atomic E-state index is 0.158. The van der Waals surface area contributed by atoms with Crippen molar-refractivity contribution in [2.75, 3.05) is 27.4 Å². The fourth-order valence-corrected chi connectivity index (χ4v) is 3.99. The molecule has 1 aliphatic carbocycles. The molecular weight excluding hydrogens is 292 g/mol. The van der Waals surface area contributed by atoms with Crippen molar-refractivity contribution in [2.24, 2.45) is 5.16 Å². The molecule has 0 amide bonds. The predicted molar refractivity (Wildman–Crippen MR) is 90.5 cm³/mol. The van der Waals surface area contributed by atoms with Crippen molar-refractivity contribution in [3.63, 3.8) is 0 Å². The number of rotatable bonds is 5. The molecule has 1 aliphatic heterocycles. The second-order valence-electron chi connectivity index (χ2n) is 6.26. The number of fused-ring (bicyclic) bond motifs is 1. The first-order valence-electron chi connectivity index (χ1n) is 8.37. The zero-order valence-corrected chi connectivity index (χ0v) is 14.2. The second-order valence-corrected chi connectivity index (χ2v) is 6.26. The summed E-state index contributed by atoms with van der Waals surface area (Å²) in [5.74, 6) is 1.59. The molecule has 5 heteroatoms. The Labute approximate surface area is 138 Å². The first-order chi connectivity index (χ1) is 11.2. The largest absolute Gasteiger partial charge is 0.493 e. The van der Waals surface area contributed by atoms with E-state index < -0.39 is 0 Å². The summed E-state index contributed by atoms with van der Waals surface area (Å²) in [5, 5.41) is 7.94. The van der Waals surface area contributed by atoms with Crippen LogP contribution in [0.5, 0.6) is 11.5 Å². The summed E-state index contributed by atoms with van der Waals surface area (Å²) >= 11 is 0. The van der Waals surface area contributed by atoms with Crippen LogP contribution in [0, 0.1) is 0 Å². The van der Waals surface area contributed by atoms with E-state index in [-0.39, 0.29) is 5.41 Å². The molecule has 126 valence electrons. The molecule has 1 aromatic carbocycles. The van der Waals surface area contributed by atoms with Gasteiger partial charge in [0.15, 0.2) is 11.5 Å². The summed E-state index contributed by atoms with van der Waals surface area (Å²) in [6.07, 6.45) is 4.18. The van der Waals surface area contributed by atoms with E-state index in [2.05, 4.69) is 22.6 Å². The van der Waals surface area contributed by atoms with Gasteiger partial charge >= 0.3 is 0 Å². The highest BCUT2D eigenvalue weighted by atomic mass is 16.6. The Bertz CT molecular complexity index is 588. The lowest BCUT2D eigenvalue weighted by molar-refractivity contribution is 0.155. The van der Waals surface area contributed by atoms with Crippen molar-refractivity contribution in [3.8, 4) is 11.5 Å². The van der Waals surface area contributed by atoms with Crippen LogP contribution in [-0.4, -0.2) is 39.1 Å². The van der Waals surface area contributed by atoms with Gasteiger partial charge in [-0.1, -0.05) is 11.2 Å². The van der Waals surface area contributed by atoms with Crippen molar-refractivity contribution in [1.29, 1.82) is 0 Å². The third kappa shape index (κ3) is 2.90. The summed E-state index contributed by atoms with van der Waals surface area (Å²) in [4.78, 5) is 5.25. The molecule has 1 N–H and O–H groups in total.